The molecule has 0 radical (unpaired) electrons. The van der Waals surface area contributed by atoms with E-state index in [2.05, 4.69) is 15.6 Å². The van der Waals surface area contributed by atoms with Crippen LogP contribution in [0.15, 0.2) is 30.5 Å². The van der Waals surface area contributed by atoms with Crippen molar-refractivity contribution in [2.24, 2.45) is 0 Å². The van der Waals surface area contributed by atoms with E-state index in [1.165, 1.54) is 6.20 Å². The number of nitrogens with zero attached hydrogens (tertiary/aromatic N) is 3. The summed E-state index contributed by atoms with van der Waals surface area (Å²) in [5, 5.41) is 10.8. The van der Waals surface area contributed by atoms with Crippen LogP contribution in [-0.4, -0.2) is 33.4 Å². The van der Waals surface area contributed by atoms with Crippen LogP contribution >= 0.6 is 0 Å². The van der Waals surface area contributed by atoms with Crippen molar-refractivity contribution in [2.45, 2.75) is 19.6 Å². The topological polar surface area (TPSA) is 69.0 Å². The Morgan fingerprint density at radius 1 is 1.53 bits per heavy atom. The number of para-hydroxylation sites is 2. The summed E-state index contributed by atoms with van der Waals surface area (Å²) in [7, 11) is 0. The van der Waals surface area contributed by atoms with E-state index in [1.54, 1.807) is 4.68 Å². The first-order chi connectivity index (χ1) is 9.29. The van der Waals surface area contributed by atoms with Gasteiger partial charge in [0.25, 0.3) is 0 Å². The average molecular weight is 258 g/mol. The molecule has 6 nitrogen and oxygen atoms in total. The average Bonchev–Trinajstić information content (AvgIpc) is 2.94. The molecule has 1 aromatic heterocycles. The summed E-state index contributed by atoms with van der Waals surface area (Å²) in [6.07, 6.45) is 0.939. The quantitative estimate of drug-likeness (QED) is 0.842. The van der Waals surface area contributed by atoms with Gasteiger partial charge in [0.2, 0.25) is 5.78 Å². The zero-order valence-corrected chi connectivity index (χ0v) is 10.5. The molecule has 0 aliphatic carbocycles. The molecule has 0 bridgehead atoms. The number of benzene rings is 1. The van der Waals surface area contributed by atoms with Crippen LogP contribution in [0.25, 0.3) is 0 Å². The fourth-order valence-corrected chi connectivity index (χ4v) is 2.11. The third-order valence-electron chi connectivity index (χ3n) is 3.10. The van der Waals surface area contributed by atoms with Crippen molar-refractivity contribution < 1.29 is 9.53 Å². The Bertz CT molecular complexity index is 608. The number of nitrogens with one attached hydrogen (secondary N) is 1. The summed E-state index contributed by atoms with van der Waals surface area (Å²) in [6.45, 7) is 2.98. The lowest BCUT2D eigenvalue weighted by Crippen LogP contribution is -2.38. The number of hydrogen-bond donors (Lipinski definition) is 1. The Balaban J connectivity index is 1.83. The van der Waals surface area contributed by atoms with Gasteiger partial charge in [-0.15, -0.1) is 5.10 Å². The van der Waals surface area contributed by atoms with Gasteiger partial charge in [0.1, 0.15) is 11.4 Å². The normalized spacial score (nSPS) is 17.2. The number of hydrogen-bond acceptors (Lipinski definition) is 5. The molecule has 98 valence electrons. The third-order valence-corrected chi connectivity index (χ3v) is 3.10. The minimum atomic E-state index is -0.543. The van der Waals surface area contributed by atoms with Crippen LogP contribution in [-0.2, 0) is 6.54 Å². The number of rotatable bonds is 3. The Labute approximate surface area is 110 Å². The molecule has 0 fully saturated rings. The lowest BCUT2D eigenvalue weighted by Gasteiger charge is -2.26. The van der Waals surface area contributed by atoms with Crippen molar-refractivity contribution >= 4 is 11.5 Å². The van der Waals surface area contributed by atoms with Gasteiger partial charge in [-0.05, 0) is 19.1 Å². The minimum absolute atomic E-state index is 0.103. The van der Waals surface area contributed by atoms with E-state index in [-0.39, 0.29) is 5.78 Å². The summed E-state index contributed by atoms with van der Waals surface area (Å²) in [5.74, 6) is 0.594. The van der Waals surface area contributed by atoms with E-state index in [4.69, 9.17) is 4.74 Å². The lowest BCUT2D eigenvalue weighted by molar-refractivity contribution is 0.0790. The number of aromatic nitrogens is 3. The molecule has 0 saturated heterocycles. The summed E-state index contributed by atoms with van der Waals surface area (Å²) in [4.78, 5) is 12.4. The molecule has 1 N–H and O–H groups in total. The lowest BCUT2D eigenvalue weighted by atomic mass is 10.1. The van der Waals surface area contributed by atoms with Crippen LogP contribution in [0.2, 0.25) is 0 Å². The predicted molar refractivity (Wildman–Crippen MR) is 69.4 cm³/mol. The van der Waals surface area contributed by atoms with Gasteiger partial charge >= 0.3 is 0 Å². The fourth-order valence-electron chi connectivity index (χ4n) is 2.11. The molecule has 2 heterocycles. The predicted octanol–water partition coefficient (Wildman–Crippen LogP) is 1.35. The number of fused-ring (bicyclic) bond motifs is 1. The molecule has 0 saturated carbocycles. The Morgan fingerprint density at radius 3 is 3.21 bits per heavy atom. The number of anilines is 1. The summed E-state index contributed by atoms with van der Waals surface area (Å²) in [6, 6.07) is 7.57. The molecule has 2 aromatic rings. The SMILES string of the molecule is CCn1nncc1C(=O)C1CNc2ccccc2O1. The highest BCUT2D eigenvalue weighted by molar-refractivity contribution is 5.98. The van der Waals surface area contributed by atoms with Gasteiger partial charge in [-0.2, -0.15) is 0 Å². The van der Waals surface area contributed by atoms with Crippen molar-refractivity contribution in [1.29, 1.82) is 0 Å². The second-order valence-corrected chi connectivity index (χ2v) is 4.28. The van der Waals surface area contributed by atoms with Crippen molar-refractivity contribution in [1.82, 2.24) is 15.0 Å². The maximum Gasteiger partial charge on any atom is 0.224 e. The molecule has 6 heteroatoms. The smallest absolute Gasteiger partial charge is 0.224 e. The maximum absolute atomic E-state index is 12.4. The van der Waals surface area contributed by atoms with Crippen LogP contribution in [0, 0.1) is 0 Å². The second-order valence-electron chi connectivity index (χ2n) is 4.28. The van der Waals surface area contributed by atoms with Crippen LogP contribution in [0.1, 0.15) is 17.4 Å². The molecule has 19 heavy (non-hydrogen) atoms. The highest BCUT2D eigenvalue weighted by Gasteiger charge is 2.28. The van der Waals surface area contributed by atoms with Crippen molar-refractivity contribution in [2.75, 3.05) is 11.9 Å². The second kappa shape index (κ2) is 4.72. The Morgan fingerprint density at radius 2 is 2.37 bits per heavy atom. The van der Waals surface area contributed by atoms with Crippen LogP contribution in [0.5, 0.6) is 5.75 Å². The first-order valence-corrected chi connectivity index (χ1v) is 6.22. The fraction of sp³-hybridized carbons (Fsp3) is 0.308. The summed E-state index contributed by atoms with van der Waals surface area (Å²) < 4.78 is 7.31. The van der Waals surface area contributed by atoms with E-state index in [0.717, 1.165) is 5.69 Å². The van der Waals surface area contributed by atoms with Gasteiger partial charge in [0.05, 0.1) is 18.4 Å². The van der Waals surface area contributed by atoms with Gasteiger partial charge in [0.15, 0.2) is 6.10 Å². The maximum atomic E-state index is 12.4. The first-order valence-electron chi connectivity index (χ1n) is 6.22. The van der Waals surface area contributed by atoms with Crippen molar-refractivity contribution in [3.8, 4) is 5.75 Å². The molecular weight excluding hydrogens is 244 g/mol. The van der Waals surface area contributed by atoms with Gasteiger partial charge in [-0.1, -0.05) is 17.3 Å². The monoisotopic (exact) mass is 258 g/mol. The van der Waals surface area contributed by atoms with E-state index < -0.39 is 6.10 Å². The molecule has 1 aliphatic heterocycles. The number of ketones is 1. The Hall–Kier alpha value is -2.37. The molecular formula is C13H14N4O2. The highest BCUT2D eigenvalue weighted by Crippen LogP contribution is 2.28. The van der Waals surface area contributed by atoms with Crippen LogP contribution in [0.3, 0.4) is 0 Å². The van der Waals surface area contributed by atoms with E-state index >= 15 is 0 Å². The molecule has 1 unspecified atom stereocenters. The standard InChI is InChI=1S/C13H14N4O2/c1-2-17-10(7-15-16-17)13(18)12-8-14-9-5-3-4-6-11(9)19-12/h3-7,12,14H,2,8H2,1H3. The first kappa shape index (κ1) is 11.7. The van der Waals surface area contributed by atoms with Gasteiger partial charge in [-0.3, -0.25) is 4.79 Å². The Kier molecular flexibility index (Phi) is 2.91. The summed E-state index contributed by atoms with van der Waals surface area (Å²) >= 11 is 0. The molecule has 0 amide bonds. The van der Waals surface area contributed by atoms with Crippen LogP contribution in [0.4, 0.5) is 5.69 Å². The van der Waals surface area contributed by atoms with Crippen LogP contribution < -0.4 is 10.1 Å². The minimum Gasteiger partial charge on any atom is -0.478 e. The largest absolute Gasteiger partial charge is 0.478 e. The number of Topliss-reactive ketones (excluding diaryl/α,β-unsaturated/α-hetero) is 1. The van der Waals surface area contributed by atoms with Crippen molar-refractivity contribution in [3.63, 3.8) is 0 Å². The van der Waals surface area contributed by atoms with E-state index in [0.29, 0.717) is 24.5 Å². The molecule has 1 aliphatic rings. The number of carbonyl (C=O) groups excluding carboxylic acids is 1. The number of aryl methyl sites for hydroxylation is 1. The zero-order valence-electron chi connectivity index (χ0n) is 10.5. The van der Waals surface area contributed by atoms with Crippen molar-refractivity contribution in [3.05, 3.63) is 36.2 Å². The van der Waals surface area contributed by atoms with Gasteiger partial charge in [-0.25, -0.2) is 4.68 Å². The molecule has 0 spiro atoms. The number of carbonyl (C=O) groups is 1. The third kappa shape index (κ3) is 2.05. The van der Waals surface area contributed by atoms with E-state index in [9.17, 15) is 4.79 Å². The summed E-state index contributed by atoms with van der Waals surface area (Å²) in [5.41, 5.74) is 1.39. The highest BCUT2D eigenvalue weighted by atomic mass is 16.5. The van der Waals surface area contributed by atoms with Gasteiger partial charge in [0, 0.05) is 6.54 Å². The zero-order chi connectivity index (χ0) is 13.2. The molecule has 1 aromatic carbocycles. The van der Waals surface area contributed by atoms with Gasteiger partial charge < -0.3 is 10.1 Å². The molecule has 3 rings (SSSR count). The van der Waals surface area contributed by atoms with E-state index in [1.807, 2.05) is 31.2 Å². The number of ether oxygens (including phenoxy) is 1. The molecule has 1 atom stereocenters.